The van der Waals surface area contributed by atoms with Crippen molar-refractivity contribution in [3.8, 4) is 0 Å². The Balaban J connectivity index is 0. The van der Waals surface area contributed by atoms with Gasteiger partial charge in [0.15, 0.2) is 0 Å². The quantitative estimate of drug-likeness (QED) is 0.521. The second-order valence-corrected chi connectivity index (χ2v) is 1.52. The van der Waals surface area contributed by atoms with Crippen LogP contribution < -0.4 is 5.73 Å². The summed E-state index contributed by atoms with van der Waals surface area (Å²) in [6, 6.07) is 0. The lowest BCUT2D eigenvalue weighted by Crippen LogP contribution is -1.92. The molecule has 2 N–H and O–H groups in total. The number of halogens is 1. The van der Waals surface area contributed by atoms with Gasteiger partial charge in [0.2, 0.25) is 0 Å². The van der Waals surface area contributed by atoms with E-state index in [-0.39, 0.29) is 12.4 Å². The summed E-state index contributed by atoms with van der Waals surface area (Å²) >= 11 is 0. The fraction of sp³-hybridized carbons (Fsp3) is 0.600. The van der Waals surface area contributed by atoms with Crippen LogP contribution in [0.25, 0.3) is 0 Å². The van der Waals surface area contributed by atoms with Gasteiger partial charge in [-0.05, 0) is 13.8 Å². The molecule has 0 aromatic rings. The maximum atomic E-state index is 5.15. The van der Waals surface area contributed by atoms with Crippen LogP contribution in [0.3, 0.4) is 0 Å². The van der Waals surface area contributed by atoms with Crippen LogP contribution in [-0.2, 0) is 0 Å². The van der Waals surface area contributed by atoms with Crippen molar-refractivity contribution in [1.82, 2.24) is 0 Å². The third-order valence-corrected chi connectivity index (χ3v) is 0.526. The molecule has 0 aliphatic carbocycles. The van der Waals surface area contributed by atoms with E-state index in [4.69, 9.17) is 5.73 Å². The van der Waals surface area contributed by atoms with Gasteiger partial charge in [0.1, 0.15) is 0 Å². The van der Waals surface area contributed by atoms with E-state index >= 15 is 0 Å². The minimum absolute atomic E-state index is 0. The molecular formula is C5H12ClN. The van der Waals surface area contributed by atoms with E-state index in [1.165, 1.54) is 5.57 Å². The lowest BCUT2D eigenvalue weighted by Gasteiger charge is -1.80. The summed E-state index contributed by atoms with van der Waals surface area (Å²) < 4.78 is 0. The van der Waals surface area contributed by atoms with Gasteiger partial charge in [0, 0.05) is 6.54 Å². The molecule has 44 valence electrons. The first-order chi connectivity index (χ1) is 2.77. The van der Waals surface area contributed by atoms with Crippen LogP contribution in [0.15, 0.2) is 11.6 Å². The summed E-state index contributed by atoms with van der Waals surface area (Å²) in [6.45, 7) is 4.74. The average Bonchev–Trinajstić information content (AvgIpc) is 1.35. The van der Waals surface area contributed by atoms with Crippen LogP contribution in [0.5, 0.6) is 0 Å². The lowest BCUT2D eigenvalue weighted by molar-refractivity contribution is 1.21. The largest absolute Gasteiger partial charge is 0.327 e. The molecule has 0 aromatic carbocycles. The van der Waals surface area contributed by atoms with Crippen LogP contribution in [0.4, 0.5) is 0 Å². The highest BCUT2D eigenvalue weighted by molar-refractivity contribution is 5.85. The van der Waals surface area contributed by atoms with E-state index < -0.39 is 0 Å². The average molecular weight is 122 g/mol. The smallest absolute Gasteiger partial charge is 0.0109 e. The number of hydrogen-bond acceptors (Lipinski definition) is 1. The summed E-state index contributed by atoms with van der Waals surface area (Å²) in [5.74, 6) is 0. The fourth-order valence-electron chi connectivity index (χ4n) is 0.236. The molecule has 1 nitrogen and oxygen atoms in total. The Morgan fingerprint density at radius 3 is 2.00 bits per heavy atom. The summed E-state index contributed by atoms with van der Waals surface area (Å²) in [6.07, 6.45) is 1.99. The fourth-order valence-corrected chi connectivity index (χ4v) is 0.236. The van der Waals surface area contributed by atoms with Gasteiger partial charge in [-0.2, -0.15) is 0 Å². The minimum atomic E-state index is 0. The maximum Gasteiger partial charge on any atom is 0.0109 e. The predicted molar refractivity (Wildman–Crippen MR) is 35.7 cm³/mol. The zero-order chi connectivity index (χ0) is 4.99. The van der Waals surface area contributed by atoms with Crippen molar-refractivity contribution in [3.63, 3.8) is 0 Å². The Kier molecular flexibility index (Phi) is 8.62. The van der Waals surface area contributed by atoms with Crippen LogP contribution in [-0.4, -0.2) is 6.54 Å². The zero-order valence-corrected chi connectivity index (χ0v) is 5.59. The van der Waals surface area contributed by atoms with Crippen LogP contribution in [0.1, 0.15) is 13.8 Å². The second-order valence-electron chi connectivity index (χ2n) is 1.52. The predicted octanol–water partition coefficient (Wildman–Crippen LogP) is 1.33. The minimum Gasteiger partial charge on any atom is -0.327 e. The second kappa shape index (κ2) is 5.99. The van der Waals surface area contributed by atoms with E-state index in [9.17, 15) is 0 Å². The summed E-state index contributed by atoms with van der Waals surface area (Å²) in [4.78, 5) is 0. The molecule has 0 spiro atoms. The molecule has 0 rings (SSSR count). The van der Waals surface area contributed by atoms with Gasteiger partial charge in [-0.15, -0.1) is 12.4 Å². The highest BCUT2D eigenvalue weighted by Gasteiger charge is 1.67. The molecule has 0 radical (unpaired) electrons. The summed E-state index contributed by atoms with van der Waals surface area (Å²) in [7, 11) is 0. The number of rotatable bonds is 1. The van der Waals surface area contributed by atoms with Crippen LogP contribution in [0.2, 0.25) is 0 Å². The number of hydrogen-bond donors (Lipinski definition) is 1. The van der Waals surface area contributed by atoms with Crippen molar-refractivity contribution in [2.24, 2.45) is 5.73 Å². The molecule has 0 atom stereocenters. The van der Waals surface area contributed by atoms with E-state index in [0.717, 1.165) is 0 Å². The van der Waals surface area contributed by atoms with Crippen molar-refractivity contribution in [2.45, 2.75) is 13.8 Å². The molecule has 7 heavy (non-hydrogen) atoms. The third kappa shape index (κ3) is 10.7. The molecular weight excluding hydrogens is 110 g/mol. The van der Waals surface area contributed by atoms with E-state index in [0.29, 0.717) is 6.54 Å². The molecule has 0 aliphatic heterocycles. The maximum absolute atomic E-state index is 5.15. The molecule has 0 heterocycles. The van der Waals surface area contributed by atoms with Gasteiger partial charge in [0.05, 0.1) is 0 Å². The highest BCUT2D eigenvalue weighted by Crippen LogP contribution is 1.82. The molecule has 0 aromatic heterocycles. The van der Waals surface area contributed by atoms with Crippen molar-refractivity contribution < 1.29 is 0 Å². The lowest BCUT2D eigenvalue weighted by atomic mass is 10.3. The first-order valence-corrected chi connectivity index (χ1v) is 2.11. The van der Waals surface area contributed by atoms with Gasteiger partial charge in [-0.1, -0.05) is 11.6 Å². The van der Waals surface area contributed by atoms with Crippen molar-refractivity contribution >= 4 is 12.4 Å². The van der Waals surface area contributed by atoms with E-state index in [1.807, 2.05) is 19.9 Å². The molecule has 0 fully saturated rings. The van der Waals surface area contributed by atoms with E-state index in [2.05, 4.69) is 0 Å². The number of nitrogens with two attached hydrogens (primary N) is 1. The van der Waals surface area contributed by atoms with Gasteiger partial charge >= 0.3 is 0 Å². The van der Waals surface area contributed by atoms with Gasteiger partial charge in [0.25, 0.3) is 0 Å². The molecule has 0 bridgehead atoms. The van der Waals surface area contributed by atoms with Crippen molar-refractivity contribution in [1.29, 1.82) is 0 Å². The van der Waals surface area contributed by atoms with E-state index in [1.54, 1.807) is 0 Å². The Bertz CT molecular complexity index is 55.1. The first kappa shape index (κ1) is 10.1. The van der Waals surface area contributed by atoms with Crippen LogP contribution in [0, 0.1) is 0 Å². The molecule has 0 saturated carbocycles. The molecule has 0 saturated heterocycles. The Morgan fingerprint density at radius 1 is 1.57 bits per heavy atom. The van der Waals surface area contributed by atoms with Crippen LogP contribution >= 0.6 is 12.4 Å². The Labute approximate surface area is 51.0 Å². The molecule has 0 aliphatic rings. The Hall–Kier alpha value is -0.0100. The topological polar surface area (TPSA) is 26.0 Å². The standard InChI is InChI=1S/C5H11N.ClH/c1-5(2)3-4-6;/h3H,4,6H2,1-2H3;1H. The Morgan fingerprint density at radius 2 is 2.00 bits per heavy atom. The molecule has 0 amide bonds. The normalized spacial score (nSPS) is 6.71. The third-order valence-electron chi connectivity index (χ3n) is 0.526. The highest BCUT2D eigenvalue weighted by atomic mass is 35.5. The van der Waals surface area contributed by atoms with Gasteiger partial charge < -0.3 is 5.73 Å². The van der Waals surface area contributed by atoms with Gasteiger partial charge in [-0.3, -0.25) is 0 Å². The first-order valence-electron chi connectivity index (χ1n) is 2.11. The summed E-state index contributed by atoms with van der Waals surface area (Å²) in [5, 5.41) is 0. The summed E-state index contributed by atoms with van der Waals surface area (Å²) in [5.41, 5.74) is 6.44. The molecule has 2 heteroatoms. The van der Waals surface area contributed by atoms with Crippen molar-refractivity contribution in [2.75, 3.05) is 6.54 Å². The molecule has 0 unspecified atom stereocenters. The zero-order valence-electron chi connectivity index (χ0n) is 4.77. The van der Waals surface area contributed by atoms with Gasteiger partial charge in [-0.25, -0.2) is 0 Å². The SMILES string of the molecule is CC(C)=CCN.Cl. The monoisotopic (exact) mass is 121 g/mol. The van der Waals surface area contributed by atoms with Crippen molar-refractivity contribution in [3.05, 3.63) is 11.6 Å². The number of allylic oxidation sites excluding steroid dienone is 1.